The van der Waals surface area contributed by atoms with Crippen LogP contribution in [0.1, 0.15) is 67.2 Å². The molecular formula is C15H32N2O2. The first kappa shape index (κ1) is 18.2. The number of amides is 1. The number of carbonyl (C=O) groups is 1. The molecule has 0 rings (SSSR count). The summed E-state index contributed by atoms with van der Waals surface area (Å²) in [5.41, 5.74) is -0.440. The minimum Gasteiger partial charge on any atom is -0.444 e. The number of ether oxygens (including phenoxy) is 1. The lowest BCUT2D eigenvalue weighted by atomic mass is 10.1. The lowest BCUT2D eigenvalue weighted by Crippen LogP contribution is -2.44. The topological polar surface area (TPSA) is 50.4 Å². The van der Waals surface area contributed by atoms with Crippen LogP contribution in [0, 0.1) is 0 Å². The van der Waals surface area contributed by atoms with Crippen LogP contribution in [0.3, 0.4) is 0 Å². The molecule has 0 spiro atoms. The molecule has 0 aromatic rings. The molecule has 4 heteroatoms. The van der Waals surface area contributed by atoms with Gasteiger partial charge in [-0.25, -0.2) is 4.79 Å². The maximum atomic E-state index is 11.6. The van der Waals surface area contributed by atoms with Crippen molar-refractivity contribution < 1.29 is 9.53 Å². The van der Waals surface area contributed by atoms with Crippen LogP contribution in [0.25, 0.3) is 0 Å². The summed E-state index contributed by atoms with van der Waals surface area (Å²) < 4.78 is 5.22. The molecule has 0 aliphatic heterocycles. The van der Waals surface area contributed by atoms with Gasteiger partial charge in [-0.15, -0.1) is 0 Å². The summed E-state index contributed by atoms with van der Waals surface area (Å²) in [4.78, 5) is 11.6. The maximum absolute atomic E-state index is 11.6. The highest BCUT2D eigenvalue weighted by molar-refractivity contribution is 5.68. The fourth-order valence-corrected chi connectivity index (χ4v) is 1.74. The van der Waals surface area contributed by atoms with Crippen LogP contribution in [0.15, 0.2) is 0 Å². The van der Waals surface area contributed by atoms with Gasteiger partial charge in [-0.1, -0.05) is 26.2 Å². The Morgan fingerprint density at radius 3 is 2.32 bits per heavy atom. The third-order valence-corrected chi connectivity index (χ3v) is 2.78. The summed E-state index contributed by atoms with van der Waals surface area (Å²) in [7, 11) is 0. The van der Waals surface area contributed by atoms with Crippen molar-refractivity contribution in [3.8, 4) is 0 Å². The van der Waals surface area contributed by atoms with E-state index in [4.69, 9.17) is 4.74 Å². The van der Waals surface area contributed by atoms with E-state index in [-0.39, 0.29) is 12.1 Å². The van der Waals surface area contributed by atoms with E-state index in [9.17, 15) is 4.79 Å². The Balaban J connectivity index is 3.74. The Morgan fingerprint density at radius 1 is 1.16 bits per heavy atom. The molecule has 0 fully saturated rings. The molecule has 2 N–H and O–H groups in total. The predicted octanol–water partition coefficient (Wildman–Crippen LogP) is 3.46. The van der Waals surface area contributed by atoms with Crippen molar-refractivity contribution in [2.75, 3.05) is 6.54 Å². The Morgan fingerprint density at radius 2 is 1.79 bits per heavy atom. The van der Waals surface area contributed by atoms with Crippen molar-refractivity contribution in [1.82, 2.24) is 10.6 Å². The predicted molar refractivity (Wildman–Crippen MR) is 80.4 cm³/mol. The van der Waals surface area contributed by atoms with Gasteiger partial charge in [0.2, 0.25) is 0 Å². The third kappa shape index (κ3) is 12.0. The Bertz CT molecular complexity index is 249. The quantitative estimate of drug-likeness (QED) is 0.665. The van der Waals surface area contributed by atoms with E-state index in [0.717, 1.165) is 6.54 Å². The molecule has 0 heterocycles. The largest absolute Gasteiger partial charge is 0.444 e. The summed E-state index contributed by atoms with van der Waals surface area (Å²) in [6.45, 7) is 12.8. The zero-order valence-electron chi connectivity index (χ0n) is 13.5. The van der Waals surface area contributed by atoms with Gasteiger partial charge < -0.3 is 15.4 Å². The standard InChI is InChI=1S/C15H32N2O2/c1-7-8-9-10-12(2)16-11-13(3)17-14(18)19-15(4,5)6/h12-13,16H,7-11H2,1-6H3,(H,17,18). The second-order valence-electron chi connectivity index (χ2n) is 6.35. The highest BCUT2D eigenvalue weighted by atomic mass is 16.6. The first-order valence-corrected chi connectivity index (χ1v) is 7.47. The average Bonchev–Trinajstić information content (AvgIpc) is 2.24. The molecule has 2 unspecified atom stereocenters. The molecular weight excluding hydrogens is 240 g/mol. The van der Waals surface area contributed by atoms with Gasteiger partial charge in [-0.2, -0.15) is 0 Å². The van der Waals surface area contributed by atoms with Crippen LogP contribution in [0.5, 0.6) is 0 Å². The van der Waals surface area contributed by atoms with Gasteiger partial charge in [-0.05, 0) is 41.0 Å². The van der Waals surface area contributed by atoms with Crippen molar-refractivity contribution in [2.24, 2.45) is 0 Å². The minimum atomic E-state index is -0.440. The maximum Gasteiger partial charge on any atom is 0.407 e. The molecule has 4 nitrogen and oxygen atoms in total. The fraction of sp³-hybridized carbons (Fsp3) is 0.933. The van der Waals surface area contributed by atoms with E-state index in [1.807, 2.05) is 27.7 Å². The van der Waals surface area contributed by atoms with Crippen LogP contribution < -0.4 is 10.6 Å². The number of hydrogen-bond acceptors (Lipinski definition) is 3. The first-order chi connectivity index (χ1) is 8.74. The van der Waals surface area contributed by atoms with E-state index < -0.39 is 5.60 Å². The molecule has 0 radical (unpaired) electrons. The number of unbranched alkanes of at least 4 members (excludes halogenated alkanes) is 2. The summed E-state index contributed by atoms with van der Waals surface area (Å²) in [6, 6.07) is 0.568. The molecule has 0 aliphatic rings. The van der Waals surface area contributed by atoms with Crippen molar-refractivity contribution in [3.63, 3.8) is 0 Å². The monoisotopic (exact) mass is 272 g/mol. The smallest absolute Gasteiger partial charge is 0.407 e. The Kier molecular flexibility index (Phi) is 8.81. The van der Waals surface area contributed by atoms with Gasteiger partial charge >= 0.3 is 6.09 Å². The molecule has 0 bridgehead atoms. The molecule has 1 amide bonds. The number of hydrogen-bond donors (Lipinski definition) is 2. The van der Waals surface area contributed by atoms with E-state index >= 15 is 0 Å². The molecule has 2 atom stereocenters. The second kappa shape index (κ2) is 9.18. The molecule has 114 valence electrons. The number of rotatable bonds is 8. The van der Waals surface area contributed by atoms with Gasteiger partial charge in [0, 0.05) is 18.6 Å². The van der Waals surface area contributed by atoms with Crippen molar-refractivity contribution in [3.05, 3.63) is 0 Å². The molecule has 19 heavy (non-hydrogen) atoms. The van der Waals surface area contributed by atoms with Crippen molar-refractivity contribution in [2.45, 2.75) is 84.9 Å². The summed E-state index contributed by atoms with van der Waals surface area (Å²) in [6.07, 6.45) is 4.65. The van der Waals surface area contributed by atoms with Gasteiger partial charge in [0.15, 0.2) is 0 Å². The molecule has 0 aliphatic carbocycles. The molecule has 0 saturated heterocycles. The third-order valence-electron chi connectivity index (χ3n) is 2.78. The highest BCUT2D eigenvalue weighted by Crippen LogP contribution is 2.07. The van der Waals surface area contributed by atoms with E-state index in [2.05, 4.69) is 24.5 Å². The summed E-state index contributed by atoms with van der Waals surface area (Å²) >= 11 is 0. The molecule has 0 saturated carbocycles. The average molecular weight is 272 g/mol. The van der Waals surface area contributed by atoms with Gasteiger partial charge in [0.05, 0.1) is 0 Å². The minimum absolute atomic E-state index is 0.0727. The van der Waals surface area contributed by atoms with E-state index in [1.165, 1.54) is 25.7 Å². The van der Waals surface area contributed by atoms with Gasteiger partial charge in [0.25, 0.3) is 0 Å². The first-order valence-electron chi connectivity index (χ1n) is 7.47. The normalized spacial score (nSPS) is 14.8. The fourth-order valence-electron chi connectivity index (χ4n) is 1.74. The summed E-state index contributed by atoms with van der Waals surface area (Å²) in [5, 5.41) is 6.27. The number of carbonyl (C=O) groups excluding carboxylic acids is 1. The van der Waals surface area contributed by atoms with Crippen LogP contribution in [0.2, 0.25) is 0 Å². The second-order valence-corrected chi connectivity index (χ2v) is 6.35. The van der Waals surface area contributed by atoms with Crippen molar-refractivity contribution >= 4 is 6.09 Å². The highest BCUT2D eigenvalue weighted by Gasteiger charge is 2.17. The van der Waals surface area contributed by atoms with Crippen LogP contribution in [0.4, 0.5) is 4.79 Å². The number of alkyl carbamates (subject to hydrolysis) is 1. The Hall–Kier alpha value is -0.770. The van der Waals surface area contributed by atoms with Crippen LogP contribution >= 0.6 is 0 Å². The SMILES string of the molecule is CCCCCC(C)NCC(C)NC(=O)OC(C)(C)C. The van der Waals surface area contributed by atoms with Crippen LogP contribution in [-0.2, 0) is 4.74 Å². The van der Waals surface area contributed by atoms with Crippen LogP contribution in [-0.4, -0.2) is 30.3 Å². The lowest BCUT2D eigenvalue weighted by molar-refractivity contribution is 0.0507. The Labute approximate surface area is 118 Å². The van der Waals surface area contributed by atoms with E-state index in [1.54, 1.807) is 0 Å². The zero-order valence-corrected chi connectivity index (χ0v) is 13.5. The van der Waals surface area contributed by atoms with Gasteiger partial charge in [-0.3, -0.25) is 0 Å². The summed E-state index contributed by atoms with van der Waals surface area (Å²) in [5.74, 6) is 0. The zero-order chi connectivity index (χ0) is 14.9. The van der Waals surface area contributed by atoms with Crippen molar-refractivity contribution in [1.29, 1.82) is 0 Å². The van der Waals surface area contributed by atoms with Gasteiger partial charge in [0.1, 0.15) is 5.60 Å². The lowest BCUT2D eigenvalue weighted by Gasteiger charge is -2.23. The molecule has 0 aromatic heterocycles. The number of nitrogens with one attached hydrogen (secondary N) is 2. The van der Waals surface area contributed by atoms with E-state index in [0.29, 0.717) is 6.04 Å². The molecule has 0 aromatic carbocycles.